The molecule has 2 aliphatic rings. The molecule has 116 valence electrons. The van der Waals surface area contributed by atoms with Crippen molar-refractivity contribution >= 4 is 17.9 Å². The number of alkyl halides is 1. The summed E-state index contributed by atoms with van der Waals surface area (Å²) < 4.78 is 12.0. The van der Waals surface area contributed by atoms with E-state index >= 15 is 0 Å². The fourth-order valence-corrected chi connectivity index (χ4v) is 2.84. The highest BCUT2D eigenvalue weighted by molar-refractivity contribution is 5.94. The zero-order valence-corrected chi connectivity index (χ0v) is 11.7. The van der Waals surface area contributed by atoms with Crippen LogP contribution in [0.3, 0.4) is 0 Å². The first-order valence-electron chi connectivity index (χ1n) is 6.41. The Morgan fingerprint density at radius 2 is 2.24 bits per heavy atom. The van der Waals surface area contributed by atoms with Crippen molar-refractivity contribution in [1.29, 1.82) is 0 Å². The van der Waals surface area contributed by atoms with E-state index in [1.807, 2.05) is 0 Å². The summed E-state index contributed by atoms with van der Waals surface area (Å²) in [5.74, 6) is -1.90. The van der Waals surface area contributed by atoms with E-state index in [1.54, 1.807) is 19.9 Å². The van der Waals surface area contributed by atoms with Crippen LogP contribution in [0.25, 0.3) is 0 Å². The number of primary amides is 1. The number of amides is 3. The van der Waals surface area contributed by atoms with Crippen LogP contribution < -0.4 is 5.73 Å². The fraction of sp³-hybridized carbons (Fsp3) is 0.583. The smallest absolute Gasteiger partial charge is 0.367 e. The van der Waals surface area contributed by atoms with Gasteiger partial charge in [-0.05, 0) is 18.9 Å². The zero-order chi connectivity index (χ0) is 15.8. The standard InChI is InChI=1S/C12H16FN3O5/c1-3-12(10(14)18)7(2)4-8-6-15(12)11(19)16(8)21-20-9(17)5-13/h4,8H,3,5-6H2,1-2H3,(H2,14,18)/t8-,12+/m1/s1. The van der Waals surface area contributed by atoms with E-state index in [9.17, 15) is 18.8 Å². The van der Waals surface area contributed by atoms with Gasteiger partial charge in [0.15, 0.2) is 6.67 Å². The lowest BCUT2D eigenvalue weighted by atomic mass is 9.82. The minimum Gasteiger partial charge on any atom is -0.367 e. The third-order valence-corrected chi connectivity index (χ3v) is 3.88. The summed E-state index contributed by atoms with van der Waals surface area (Å²) in [5, 5.41) is 0.789. The maximum absolute atomic E-state index is 12.3. The number of nitrogens with zero attached hydrogens (tertiary/aromatic N) is 2. The second-order valence-corrected chi connectivity index (χ2v) is 4.88. The van der Waals surface area contributed by atoms with Crippen molar-refractivity contribution in [1.82, 2.24) is 9.96 Å². The van der Waals surface area contributed by atoms with Crippen LogP contribution in [0, 0.1) is 0 Å². The van der Waals surface area contributed by atoms with Gasteiger partial charge in [-0.1, -0.05) is 18.0 Å². The van der Waals surface area contributed by atoms with Crippen molar-refractivity contribution in [2.24, 2.45) is 5.73 Å². The van der Waals surface area contributed by atoms with Crippen LogP contribution in [0.1, 0.15) is 20.3 Å². The van der Waals surface area contributed by atoms with Crippen LogP contribution in [-0.4, -0.2) is 52.7 Å². The number of hydrogen-bond donors (Lipinski definition) is 1. The number of nitrogens with two attached hydrogens (primary N) is 1. The Morgan fingerprint density at radius 3 is 2.76 bits per heavy atom. The van der Waals surface area contributed by atoms with Gasteiger partial charge in [-0.25, -0.2) is 14.0 Å². The Balaban J connectivity index is 2.27. The minimum absolute atomic E-state index is 0.167. The lowest BCUT2D eigenvalue weighted by molar-refractivity contribution is -0.378. The summed E-state index contributed by atoms with van der Waals surface area (Å²) in [6.07, 6.45) is 1.96. The highest BCUT2D eigenvalue weighted by atomic mass is 19.1. The molecule has 0 aromatic rings. The number of carbonyl (C=O) groups is 3. The van der Waals surface area contributed by atoms with E-state index in [0.29, 0.717) is 12.0 Å². The predicted molar refractivity (Wildman–Crippen MR) is 66.9 cm³/mol. The molecule has 8 nitrogen and oxygen atoms in total. The summed E-state index contributed by atoms with van der Waals surface area (Å²) >= 11 is 0. The number of hydroxylamine groups is 2. The van der Waals surface area contributed by atoms with E-state index in [2.05, 4.69) is 9.88 Å². The Kier molecular flexibility index (Phi) is 3.86. The topological polar surface area (TPSA) is 102 Å². The van der Waals surface area contributed by atoms with Crippen molar-refractivity contribution in [3.8, 4) is 0 Å². The molecule has 0 unspecified atom stereocenters. The fourth-order valence-electron chi connectivity index (χ4n) is 2.84. The summed E-state index contributed by atoms with van der Waals surface area (Å²) in [6.45, 7) is 2.23. The van der Waals surface area contributed by atoms with Gasteiger partial charge in [-0.15, -0.1) is 0 Å². The molecule has 1 fully saturated rings. The molecule has 0 radical (unpaired) electrons. The second-order valence-electron chi connectivity index (χ2n) is 4.88. The quantitative estimate of drug-likeness (QED) is 0.439. The molecule has 2 bridgehead atoms. The number of fused-ring (bicyclic) bond motifs is 2. The average Bonchev–Trinajstić information content (AvgIpc) is 2.70. The van der Waals surface area contributed by atoms with Gasteiger partial charge in [0, 0.05) is 0 Å². The predicted octanol–water partition coefficient (Wildman–Crippen LogP) is 0.0459. The molecule has 9 heteroatoms. The zero-order valence-electron chi connectivity index (χ0n) is 11.7. The molecule has 2 N–H and O–H groups in total. The maximum Gasteiger partial charge on any atom is 0.375 e. The van der Waals surface area contributed by atoms with Crippen LogP contribution in [0.4, 0.5) is 9.18 Å². The van der Waals surface area contributed by atoms with E-state index < -0.39 is 36.2 Å². The molecular weight excluding hydrogens is 285 g/mol. The largest absolute Gasteiger partial charge is 0.375 e. The molecule has 1 saturated heterocycles. The lowest BCUT2D eigenvalue weighted by Crippen LogP contribution is -2.60. The maximum atomic E-state index is 12.3. The van der Waals surface area contributed by atoms with Crippen LogP contribution >= 0.6 is 0 Å². The molecule has 0 aromatic carbocycles. The highest BCUT2D eigenvalue weighted by Crippen LogP contribution is 2.38. The number of carbonyl (C=O) groups excluding carboxylic acids is 3. The van der Waals surface area contributed by atoms with Gasteiger partial charge in [0.25, 0.3) is 0 Å². The lowest BCUT2D eigenvalue weighted by Gasteiger charge is -2.40. The third-order valence-electron chi connectivity index (χ3n) is 3.88. The van der Waals surface area contributed by atoms with Gasteiger partial charge in [0.05, 0.1) is 6.54 Å². The highest BCUT2D eigenvalue weighted by Gasteiger charge is 2.56. The number of hydrogen-bond acceptors (Lipinski definition) is 5. The first-order valence-corrected chi connectivity index (χ1v) is 6.41. The number of rotatable bonds is 5. The molecule has 0 saturated carbocycles. The van der Waals surface area contributed by atoms with Gasteiger partial charge in [0.2, 0.25) is 5.91 Å². The molecule has 0 spiro atoms. The number of urea groups is 1. The van der Waals surface area contributed by atoms with Crippen LogP contribution in [0.2, 0.25) is 0 Å². The molecule has 3 amide bonds. The van der Waals surface area contributed by atoms with Crippen molar-refractivity contribution in [3.05, 3.63) is 11.6 Å². The summed E-state index contributed by atoms with van der Waals surface area (Å²) in [7, 11) is 0. The van der Waals surface area contributed by atoms with Gasteiger partial charge in [0.1, 0.15) is 11.6 Å². The van der Waals surface area contributed by atoms with Crippen molar-refractivity contribution in [2.75, 3.05) is 13.2 Å². The van der Waals surface area contributed by atoms with E-state index in [-0.39, 0.29) is 6.54 Å². The van der Waals surface area contributed by atoms with Crippen molar-refractivity contribution in [3.63, 3.8) is 0 Å². The molecule has 2 aliphatic heterocycles. The SMILES string of the molecule is CC[C@@]1(C(N)=O)C(C)=C[C@@H]2CN1C(=O)N2OOC(=O)CF. The molecular formula is C12H16FN3O5. The van der Waals surface area contributed by atoms with E-state index in [4.69, 9.17) is 5.73 Å². The molecule has 2 heterocycles. The third kappa shape index (κ3) is 2.13. The van der Waals surface area contributed by atoms with E-state index in [1.165, 1.54) is 4.90 Å². The number of halogens is 1. The van der Waals surface area contributed by atoms with Gasteiger partial charge in [-0.2, -0.15) is 5.06 Å². The Labute approximate surface area is 120 Å². The monoisotopic (exact) mass is 301 g/mol. The summed E-state index contributed by atoms with van der Waals surface area (Å²) in [4.78, 5) is 45.0. The average molecular weight is 301 g/mol. The second kappa shape index (κ2) is 5.32. The summed E-state index contributed by atoms with van der Waals surface area (Å²) in [5.41, 5.74) is 4.86. The molecule has 0 aromatic heterocycles. The first-order chi connectivity index (χ1) is 9.88. The molecule has 0 aliphatic carbocycles. The molecule has 2 rings (SSSR count). The Bertz CT molecular complexity index is 523. The van der Waals surface area contributed by atoms with Crippen molar-refractivity contribution in [2.45, 2.75) is 31.8 Å². The Morgan fingerprint density at radius 1 is 1.57 bits per heavy atom. The van der Waals surface area contributed by atoms with Crippen LogP contribution in [0.15, 0.2) is 11.6 Å². The van der Waals surface area contributed by atoms with Gasteiger partial charge >= 0.3 is 12.0 Å². The molecule has 21 heavy (non-hydrogen) atoms. The van der Waals surface area contributed by atoms with Crippen LogP contribution in [-0.2, 0) is 19.5 Å². The van der Waals surface area contributed by atoms with Gasteiger partial charge < -0.3 is 10.6 Å². The Hall–Kier alpha value is -2.16. The first kappa shape index (κ1) is 15.2. The normalized spacial score (nSPS) is 27.7. The summed E-state index contributed by atoms with van der Waals surface area (Å²) in [6, 6.07) is -1.20. The van der Waals surface area contributed by atoms with E-state index in [0.717, 1.165) is 5.06 Å². The van der Waals surface area contributed by atoms with Crippen molar-refractivity contribution < 1.29 is 28.6 Å². The van der Waals surface area contributed by atoms with Crippen LogP contribution in [0.5, 0.6) is 0 Å². The van der Waals surface area contributed by atoms with Gasteiger partial charge in [-0.3, -0.25) is 9.68 Å². The minimum atomic E-state index is -1.37. The molecule has 2 atom stereocenters.